The third-order valence-electron chi connectivity index (χ3n) is 6.67. The van der Waals surface area contributed by atoms with Gasteiger partial charge in [0.25, 0.3) is 10.0 Å². The Morgan fingerprint density at radius 2 is 1.54 bits per heavy atom. The summed E-state index contributed by atoms with van der Waals surface area (Å²) in [5.41, 5.74) is -2.44. The van der Waals surface area contributed by atoms with Gasteiger partial charge in [0.15, 0.2) is 11.6 Å². The predicted molar refractivity (Wildman–Crippen MR) is 145 cm³/mol. The minimum atomic E-state index is -5.02. The Labute approximate surface area is 236 Å². The second kappa shape index (κ2) is 9.96. The van der Waals surface area contributed by atoms with Gasteiger partial charge in [0.2, 0.25) is 5.75 Å². The molecule has 0 radical (unpaired) electrons. The monoisotopic (exact) mass is 607 g/mol. The zero-order chi connectivity index (χ0) is 29.8. The number of hydrogen-bond acceptors (Lipinski definition) is 7. The number of anilines is 1. The van der Waals surface area contributed by atoms with E-state index in [4.69, 9.17) is 8.92 Å². The normalized spacial score (nSPS) is 20.5. The Morgan fingerprint density at radius 1 is 0.927 bits per heavy atom. The number of hydrogen-bond donors (Lipinski definition) is 1. The SMILES string of the molecule is CC(C)(C)OC(=O)N1CC[C@]2(NS(=O)(=O)Oc3c(F)cccc3F)c3ccccc3N(S(=O)(=O)c3ccccc3)[C@@H]12. The van der Waals surface area contributed by atoms with E-state index in [1.165, 1.54) is 36.4 Å². The van der Waals surface area contributed by atoms with Gasteiger partial charge in [0, 0.05) is 12.1 Å². The van der Waals surface area contributed by atoms with Crippen LogP contribution >= 0.6 is 0 Å². The number of halogens is 2. The molecule has 14 heteroatoms. The second-order valence-corrected chi connectivity index (χ2v) is 13.7. The molecule has 0 bridgehead atoms. The summed E-state index contributed by atoms with van der Waals surface area (Å²) in [7, 11) is -9.41. The quantitative estimate of drug-likeness (QED) is 0.445. The van der Waals surface area contributed by atoms with Crippen molar-refractivity contribution in [2.75, 3.05) is 10.8 Å². The van der Waals surface area contributed by atoms with E-state index < -0.39 is 61.1 Å². The van der Waals surface area contributed by atoms with Gasteiger partial charge in [0.1, 0.15) is 17.3 Å². The van der Waals surface area contributed by atoms with Crippen LogP contribution < -0.4 is 13.2 Å². The van der Waals surface area contributed by atoms with Gasteiger partial charge in [-0.05, 0) is 57.5 Å². The van der Waals surface area contributed by atoms with E-state index in [0.29, 0.717) is 0 Å². The third kappa shape index (κ3) is 5.11. The van der Waals surface area contributed by atoms with Crippen molar-refractivity contribution in [2.24, 2.45) is 0 Å². The lowest BCUT2D eigenvalue weighted by molar-refractivity contribution is 0.0210. The van der Waals surface area contributed by atoms with Crippen molar-refractivity contribution in [2.45, 2.75) is 49.4 Å². The molecule has 0 unspecified atom stereocenters. The standard InChI is InChI=1S/C27H27F2N3O7S2/c1-26(2,3)38-25(33)31-17-16-27(30-41(36,37)39-23-20(28)13-9-14-21(23)29)19-12-7-8-15-22(19)32(24(27)31)40(34,35)18-10-5-4-6-11-18/h4-15,24,30H,16-17H2,1-3H3/t24-,27+/m1/s1. The van der Waals surface area contributed by atoms with E-state index in [1.54, 1.807) is 39.0 Å². The summed E-state index contributed by atoms with van der Waals surface area (Å²) in [6, 6.07) is 16.3. The van der Waals surface area contributed by atoms with Crippen molar-refractivity contribution in [3.05, 3.63) is 90.0 Å². The van der Waals surface area contributed by atoms with E-state index in [-0.39, 0.29) is 29.1 Å². The zero-order valence-electron chi connectivity index (χ0n) is 22.2. The fourth-order valence-corrected chi connectivity index (χ4v) is 8.03. The average molecular weight is 608 g/mol. The molecule has 1 saturated heterocycles. The summed E-state index contributed by atoms with van der Waals surface area (Å²) >= 11 is 0. The molecular weight excluding hydrogens is 580 g/mol. The van der Waals surface area contributed by atoms with Gasteiger partial charge < -0.3 is 8.92 Å². The van der Waals surface area contributed by atoms with Gasteiger partial charge in [-0.2, -0.15) is 13.1 Å². The van der Waals surface area contributed by atoms with Crippen molar-refractivity contribution in [3.8, 4) is 5.75 Å². The molecule has 2 aliphatic heterocycles. The Kier molecular flexibility index (Phi) is 6.99. The van der Waals surface area contributed by atoms with Crippen molar-refractivity contribution in [1.29, 1.82) is 0 Å². The topological polar surface area (TPSA) is 122 Å². The number of fused-ring (bicyclic) bond motifs is 3. The van der Waals surface area contributed by atoms with E-state index in [9.17, 15) is 30.4 Å². The van der Waals surface area contributed by atoms with Crippen LogP contribution in [0.5, 0.6) is 5.75 Å². The molecule has 2 aliphatic rings. The summed E-state index contributed by atoms with van der Waals surface area (Å²) in [5, 5.41) is 0. The molecule has 1 N–H and O–H groups in total. The summed E-state index contributed by atoms with van der Waals surface area (Å²) in [5.74, 6) is -3.67. The predicted octanol–water partition coefficient (Wildman–Crippen LogP) is 4.25. The zero-order valence-corrected chi connectivity index (χ0v) is 23.9. The van der Waals surface area contributed by atoms with Gasteiger partial charge in [-0.25, -0.2) is 26.3 Å². The maximum atomic E-state index is 14.3. The number of ether oxygens (including phenoxy) is 1. The van der Waals surface area contributed by atoms with Crippen molar-refractivity contribution >= 4 is 32.1 Å². The average Bonchev–Trinajstić information content (AvgIpc) is 3.38. The highest BCUT2D eigenvalue weighted by atomic mass is 32.2. The smallest absolute Gasteiger partial charge is 0.412 e. The first kappa shape index (κ1) is 28.8. The Morgan fingerprint density at radius 3 is 2.17 bits per heavy atom. The van der Waals surface area contributed by atoms with Gasteiger partial charge in [-0.3, -0.25) is 4.90 Å². The van der Waals surface area contributed by atoms with Crippen LogP contribution in [0.25, 0.3) is 0 Å². The van der Waals surface area contributed by atoms with Crippen molar-refractivity contribution < 1.29 is 39.3 Å². The summed E-state index contributed by atoms with van der Waals surface area (Å²) in [4.78, 5) is 14.4. The Balaban J connectivity index is 1.67. The Bertz CT molecular complexity index is 1690. The van der Waals surface area contributed by atoms with E-state index >= 15 is 0 Å². The van der Waals surface area contributed by atoms with Crippen LogP contribution in [0.4, 0.5) is 19.3 Å². The molecule has 2 atom stereocenters. The number of para-hydroxylation sites is 2. The van der Waals surface area contributed by atoms with E-state index in [2.05, 4.69) is 4.72 Å². The molecule has 5 rings (SSSR count). The number of carbonyl (C=O) groups excluding carboxylic acids is 1. The lowest BCUT2D eigenvalue weighted by Crippen LogP contribution is -2.60. The molecule has 218 valence electrons. The first-order chi connectivity index (χ1) is 19.2. The Hall–Kier alpha value is -3.75. The molecule has 10 nitrogen and oxygen atoms in total. The maximum absolute atomic E-state index is 14.3. The first-order valence-corrected chi connectivity index (χ1v) is 15.4. The summed E-state index contributed by atoms with van der Waals surface area (Å²) in [6.45, 7) is 4.78. The van der Waals surface area contributed by atoms with Crippen LogP contribution in [0.3, 0.4) is 0 Å². The van der Waals surface area contributed by atoms with Gasteiger partial charge >= 0.3 is 16.4 Å². The summed E-state index contributed by atoms with van der Waals surface area (Å²) in [6.07, 6.45) is -2.49. The first-order valence-electron chi connectivity index (χ1n) is 12.5. The van der Waals surface area contributed by atoms with Gasteiger partial charge in [-0.15, -0.1) is 0 Å². The number of amides is 1. The minimum absolute atomic E-state index is 0.103. The number of likely N-dealkylation sites (tertiary alicyclic amines) is 1. The number of carbonyl (C=O) groups is 1. The highest BCUT2D eigenvalue weighted by Crippen LogP contribution is 2.53. The molecule has 0 spiro atoms. The molecule has 0 saturated carbocycles. The molecule has 0 aliphatic carbocycles. The second-order valence-electron chi connectivity index (χ2n) is 10.6. The minimum Gasteiger partial charge on any atom is -0.444 e. The van der Waals surface area contributed by atoms with Gasteiger partial charge in [0.05, 0.1) is 10.6 Å². The number of benzene rings is 3. The lowest BCUT2D eigenvalue weighted by Gasteiger charge is -2.37. The van der Waals surface area contributed by atoms with E-state index in [0.717, 1.165) is 27.4 Å². The fourth-order valence-electron chi connectivity index (χ4n) is 5.14. The highest BCUT2D eigenvalue weighted by molar-refractivity contribution is 7.93. The highest BCUT2D eigenvalue weighted by Gasteiger charge is 2.64. The molecule has 0 aromatic heterocycles. The van der Waals surface area contributed by atoms with E-state index in [1.807, 2.05) is 0 Å². The molecule has 1 fully saturated rings. The summed E-state index contributed by atoms with van der Waals surface area (Å²) < 4.78 is 97.3. The largest absolute Gasteiger partial charge is 0.444 e. The van der Waals surface area contributed by atoms with Crippen molar-refractivity contribution in [1.82, 2.24) is 9.62 Å². The number of rotatable bonds is 6. The molecule has 41 heavy (non-hydrogen) atoms. The van der Waals surface area contributed by atoms with Crippen LogP contribution in [0.15, 0.2) is 77.7 Å². The number of sulfonamides is 1. The number of nitrogens with one attached hydrogen (secondary N) is 1. The van der Waals surface area contributed by atoms with Crippen molar-refractivity contribution in [3.63, 3.8) is 0 Å². The molecular formula is C27H27F2N3O7S2. The third-order valence-corrected chi connectivity index (χ3v) is 9.46. The molecule has 3 aromatic carbocycles. The van der Waals surface area contributed by atoms with Crippen LogP contribution in [-0.4, -0.2) is 46.1 Å². The van der Waals surface area contributed by atoms with Crippen LogP contribution in [0.1, 0.15) is 32.8 Å². The van der Waals surface area contributed by atoms with Crippen LogP contribution in [0, 0.1) is 11.6 Å². The number of nitrogens with zero attached hydrogens (tertiary/aromatic N) is 2. The maximum Gasteiger partial charge on any atom is 0.412 e. The van der Waals surface area contributed by atoms with Crippen LogP contribution in [0.2, 0.25) is 0 Å². The molecule has 1 amide bonds. The van der Waals surface area contributed by atoms with Crippen LogP contribution in [-0.2, 0) is 30.6 Å². The molecule has 2 heterocycles. The molecule has 3 aromatic rings. The lowest BCUT2D eigenvalue weighted by atomic mass is 9.90. The van der Waals surface area contributed by atoms with Gasteiger partial charge in [-0.1, -0.05) is 42.5 Å². The fraction of sp³-hybridized carbons (Fsp3) is 0.296.